The topological polar surface area (TPSA) is 29.9 Å². The van der Waals surface area contributed by atoms with Gasteiger partial charge in [-0.2, -0.15) is 0 Å². The van der Waals surface area contributed by atoms with Gasteiger partial charge < -0.3 is 9.88 Å². The third kappa shape index (κ3) is 3.35. The first-order valence-corrected chi connectivity index (χ1v) is 7.65. The molecule has 0 bridgehead atoms. The van der Waals surface area contributed by atoms with Gasteiger partial charge in [0.1, 0.15) is 0 Å². The van der Waals surface area contributed by atoms with Crippen LogP contribution < -0.4 is 5.32 Å². The van der Waals surface area contributed by atoms with E-state index in [9.17, 15) is 0 Å². The highest BCUT2D eigenvalue weighted by Gasteiger charge is 2.24. The molecule has 0 atom stereocenters. The van der Waals surface area contributed by atoms with Gasteiger partial charge in [-0.05, 0) is 43.5 Å². The van der Waals surface area contributed by atoms with E-state index < -0.39 is 0 Å². The molecule has 20 heavy (non-hydrogen) atoms. The minimum Gasteiger partial charge on any atom is -0.330 e. The van der Waals surface area contributed by atoms with Gasteiger partial charge in [0.15, 0.2) is 0 Å². The van der Waals surface area contributed by atoms with E-state index >= 15 is 0 Å². The standard InChI is InChI=1S/C15H17Cl2N3/c16-12-2-1-11(15(17)7-12)5-6-18-8-14-9-19-10-20(14)13-3-4-13/h1-2,7,9-10,13,18H,3-6,8H2. The van der Waals surface area contributed by atoms with Crippen LogP contribution in [0, 0.1) is 0 Å². The Morgan fingerprint density at radius 2 is 2.15 bits per heavy atom. The molecule has 106 valence electrons. The summed E-state index contributed by atoms with van der Waals surface area (Å²) in [5.74, 6) is 0. The van der Waals surface area contributed by atoms with E-state index in [0.29, 0.717) is 11.1 Å². The molecular weight excluding hydrogens is 293 g/mol. The second-order valence-corrected chi connectivity index (χ2v) is 6.03. The zero-order valence-electron chi connectivity index (χ0n) is 11.1. The van der Waals surface area contributed by atoms with Gasteiger partial charge in [-0.1, -0.05) is 29.3 Å². The molecule has 0 unspecified atom stereocenters. The largest absolute Gasteiger partial charge is 0.330 e. The maximum Gasteiger partial charge on any atom is 0.0951 e. The fourth-order valence-corrected chi connectivity index (χ4v) is 2.82. The molecule has 3 nitrogen and oxygen atoms in total. The fourth-order valence-electron chi connectivity index (χ4n) is 2.31. The van der Waals surface area contributed by atoms with Gasteiger partial charge >= 0.3 is 0 Å². The number of aromatic nitrogens is 2. The Hall–Kier alpha value is -1.03. The fraction of sp³-hybridized carbons (Fsp3) is 0.400. The summed E-state index contributed by atoms with van der Waals surface area (Å²) < 4.78 is 2.28. The third-order valence-corrected chi connectivity index (χ3v) is 4.17. The van der Waals surface area contributed by atoms with Crippen molar-refractivity contribution in [3.05, 3.63) is 52.0 Å². The lowest BCUT2D eigenvalue weighted by Gasteiger charge is -2.09. The quantitative estimate of drug-likeness (QED) is 0.821. The van der Waals surface area contributed by atoms with Crippen molar-refractivity contribution in [1.82, 2.24) is 14.9 Å². The molecule has 1 saturated carbocycles. The number of rotatable bonds is 6. The first-order valence-electron chi connectivity index (χ1n) is 6.89. The van der Waals surface area contributed by atoms with E-state index in [4.69, 9.17) is 23.2 Å². The van der Waals surface area contributed by atoms with E-state index in [0.717, 1.165) is 30.1 Å². The summed E-state index contributed by atoms with van der Waals surface area (Å²) >= 11 is 12.0. The predicted octanol–water partition coefficient (Wildman–Crippen LogP) is 3.86. The summed E-state index contributed by atoms with van der Waals surface area (Å²) in [7, 11) is 0. The maximum atomic E-state index is 6.16. The molecule has 5 heteroatoms. The third-order valence-electron chi connectivity index (χ3n) is 3.58. The zero-order valence-corrected chi connectivity index (χ0v) is 12.7. The highest BCUT2D eigenvalue weighted by atomic mass is 35.5. The number of hydrogen-bond acceptors (Lipinski definition) is 2. The predicted molar refractivity (Wildman–Crippen MR) is 82.4 cm³/mol. The normalized spacial score (nSPS) is 14.7. The van der Waals surface area contributed by atoms with Crippen molar-refractivity contribution < 1.29 is 0 Å². The van der Waals surface area contributed by atoms with Gasteiger partial charge in [0.2, 0.25) is 0 Å². The molecule has 1 aliphatic carbocycles. The Labute approximate surface area is 128 Å². The number of hydrogen-bond donors (Lipinski definition) is 1. The molecule has 1 N–H and O–H groups in total. The van der Waals surface area contributed by atoms with Crippen LogP contribution in [0.5, 0.6) is 0 Å². The van der Waals surface area contributed by atoms with Gasteiger partial charge in [-0.15, -0.1) is 0 Å². The SMILES string of the molecule is Clc1ccc(CCNCc2cncn2C2CC2)c(Cl)c1. The minimum atomic E-state index is 0.681. The van der Waals surface area contributed by atoms with Crippen LogP contribution in [0.2, 0.25) is 10.0 Å². The van der Waals surface area contributed by atoms with Crippen molar-refractivity contribution in [2.45, 2.75) is 31.8 Å². The molecule has 3 rings (SSSR count). The lowest BCUT2D eigenvalue weighted by Crippen LogP contribution is -2.18. The van der Waals surface area contributed by atoms with Crippen LogP contribution in [0.3, 0.4) is 0 Å². The van der Waals surface area contributed by atoms with Crippen LogP contribution in [0.4, 0.5) is 0 Å². The molecule has 0 saturated heterocycles. The first kappa shape index (κ1) is 13.9. The molecule has 1 aromatic carbocycles. The van der Waals surface area contributed by atoms with E-state index in [-0.39, 0.29) is 0 Å². The zero-order chi connectivity index (χ0) is 13.9. The molecule has 0 spiro atoms. The molecule has 0 amide bonds. The van der Waals surface area contributed by atoms with Gasteiger partial charge in [0.05, 0.1) is 12.0 Å². The van der Waals surface area contributed by atoms with Crippen LogP contribution in [-0.2, 0) is 13.0 Å². The molecule has 1 fully saturated rings. The minimum absolute atomic E-state index is 0.681. The average Bonchev–Trinajstić information content (AvgIpc) is 3.16. The van der Waals surface area contributed by atoms with Crippen molar-refractivity contribution in [3.8, 4) is 0 Å². The van der Waals surface area contributed by atoms with E-state index in [2.05, 4.69) is 14.9 Å². The molecular formula is C15H17Cl2N3. The van der Waals surface area contributed by atoms with Gasteiger partial charge in [0, 0.05) is 28.8 Å². The molecule has 1 heterocycles. The van der Waals surface area contributed by atoms with Crippen molar-refractivity contribution in [2.75, 3.05) is 6.54 Å². The van der Waals surface area contributed by atoms with E-state index in [1.165, 1.54) is 18.5 Å². The number of halogens is 2. The Morgan fingerprint density at radius 3 is 2.90 bits per heavy atom. The van der Waals surface area contributed by atoms with Gasteiger partial charge in [-0.25, -0.2) is 4.98 Å². The Kier molecular flexibility index (Phi) is 4.29. The van der Waals surface area contributed by atoms with Crippen LogP contribution in [-0.4, -0.2) is 16.1 Å². The van der Waals surface area contributed by atoms with Crippen molar-refractivity contribution in [2.24, 2.45) is 0 Å². The van der Waals surface area contributed by atoms with Gasteiger partial charge in [0.25, 0.3) is 0 Å². The van der Waals surface area contributed by atoms with Crippen LogP contribution >= 0.6 is 23.2 Å². The van der Waals surface area contributed by atoms with Crippen molar-refractivity contribution >= 4 is 23.2 Å². The highest BCUT2D eigenvalue weighted by molar-refractivity contribution is 6.35. The van der Waals surface area contributed by atoms with Crippen molar-refractivity contribution in [1.29, 1.82) is 0 Å². The van der Waals surface area contributed by atoms with Crippen LogP contribution in [0.25, 0.3) is 0 Å². The summed E-state index contributed by atoms with van der Waals surface area (Å²) in [5, 5.41) is 4.87. The summed E-state index contributed by atoms with van der Waals surface area (Å²) in [5.41, 5.74) is 2.38. The van der Waals surface area contributed by atoms with Gasteiger partial charge in [-0.3, -0.25) is 0 Å². The summed E-state index contributed by atoms with van der Waals surface area (Å²) in [6.45, 7) is 1.74. The lowest BCUT2D eigenvalue weighted by molar-refractivity contribution is 0.620. The molecule has 2 aromatic rings. The summed E-state index contributed by atoms with van der Waals surface area (Å²) in [4.78, 5) is 4.23. The number of nitrogens with zero attached hydrogens (tertiary/aromatic N) is 2. The Balaban J connectivity index is 1.49. The molecule has 1 aromatic heterocycles. The average molecular weight is 310 g/mol. The Morgan fingerprint density at radius 1 is 1.30 bits per heavy atom. The van der Waals surface area contributed by atoms with E-state index in [1.807, 2.05) is 24.7 Å². The molecule has 0 radical (unpaired) electrons. The summed E-state index contributed by atoms with van der Waals surface area (Å²) in [6, 6.07) is 6.34. The maximum absolute atomic E-state index is 6.16. The van der Waals surface area contributed by atoms with Crippen LogP contribution in [0.1, 0.15) is 30.1 Å². The second kappa shape index (κ2) is 6.17. The summed E-state index contributed by atoms with van der Waals surface area (Å²) in [6.07, 6.45) is 7.34. The molecule has 0 aliphatic heterocycles. The second-order valence-electron chi connectivity index (χ2n) is 5.19. The van der Waals surface area contributed by atoms with E-state index in [1.54, 1.807) is 6.07 Å². The smallest absolute Gasteiger partial charge is 0.0951 e. The number of nitrogens with one attached hydrogen (secondary N) is 1. The number of benzene rings is 1. The van der Waals surface area contributed by atoms with Crippen molar-refractivity contribution in [3.63, 3.8) is 0 Å². The highest BCUT2D eigenvalue weighted by Crippen LogP contribution is 2.35. The molecule has 1 aliphatic rings. The Bertz CT molecular complexity index is 591. The van der Waals surface area contributed by atoms with Crippen LogP contribution in [0.15, 0.2) is 30.7 Å². The lowest BCUT2D eigenvalue weighted by atomic mass is 10.1. The first-order chi connectivity index (χ1) is 9.74. The monoisotopic (exact) mass is 309 g/mol. The number of imidazole rings is 1.